The maximum Gasteiger partial charge on any atom is 4.00 e. The molecule has 0 fully saturated rings. The van der Waals surface area contributed by atoms with E-state index in [-0.39, 0.29) is 84.8 Å². The summed E-state index contributed by atoms with van der Waals surface area (Å²) < 4.78 is 0. The zero-order chi connectivity index (χ0) is 45.4. The SMILES string of the molecule is O=C([O-])CC(O)(CC(=O)O[O-])C(=O)[O-].O=C([O-])CC(O)(CC(=O)O[O-])C(=O)[O-].O=C([O-])CC(O)(CC(=O)O[O-])C(=O)[O-].O=C([O-])CC([O-])(CC(=O)O[O-])C(=O)[O-].[NH4+].[Zr+4].[Zr+4].[Zr+4]. The van der Waals surface area contributed by atoms with Crippen LogP contribution in [-0.2, 0) is 156 Å². The Morgan fingerprint density at radius 3 is 0.667 bits per heavy atom. The molecule has 4 atom stereocenters. The molecule has 328 valence electrons. The van der Waals surface area contributed by atoms with E-state index in [4.69, 9.17) is 15.3 Å². The van der Waals surface area contributed by atoms with Crippen molar-refractivity contribution < 1.29 is 238 Å². The number of carboxylic acids is 8. The number of quaternary nitrogens is 1. The average molecular weight is 1110 g/mol. The Morgan fingerprint density at radius 1 is 0.350 bits per heavy atom. The summed E-state index contributed by atoms with van der Waals surface area (Å²) in [5.74, 6) is -23.1. The molecular formula is C24H23NO32Zr3. The zero-order valence-corrected chi connectivity index (χ0v) is 36.7. The third-order valence-electron chi connectivity index (χ3n) is 5.36. The van der Waals surface area contributed by atoms with E-state index < -0.39 is 145 Å². The molecule has 0 bridgehead atoms. The first-order chi connectivity index (χ1) is 25.3. The second-order valence-corrected chi connectivity index (χ2v) is 9.96. The van der Waals surface area contributed by atoms with Crippen LogP contribution < -0.4 is 73.1 Å². The van der Waals surface area contributed by atoms with Gasteiger partial charge in [-0.25, -0.2) is 0 Å². The number of aliphatic carboxylic acids is 8. The van der Waals surface area contributed by atoms with E-state index in [1.807, 2.05) is 0 Å². The number of carbonyl (C=O) groups excluding carboxylic acids is 12. The number of hydrogen-bond acceptors (Lipinski definition) is 32. The van der Waals surface area contributed by atoms with Crippen LogP contribution in [0.2, 0.25) is 0 Å². The van der Waals surface area contributed by atoms with Crippen molar-refractivity contribution in [3.05, 3.63) is 0 Å². The van der Waals surface area contributed by atoms with Crippen molar-refractivity contribution in [3.63, 3.8) is 0 Å². The predicted octanol–water partition coefficient (Wildman–Crippen LogP) is -21.0. The molecule has 0 aromatic carbocycles. The molecule has 0 rings (SSSR count). The summed E-state index contributed by atoms with van der Waals surface area (Å²) in [4.78, 5) is 133. The molecule has 33 nitrogen and oxygen atoms in total. The standard InChI is InChI=1S/3C6H8O8.C6H7O8.H3N.3Zr/c4*7-3(8)1-6(12,5(10)11)2-4(9)14-13;;;;/h3*12-13H,1-2H2,(H,7,8)(H,10,11);13H,1-2H2,(H,7,8)(H,10,11);1H3;;;/q;;;-1;;3*+4/p-11. The van der Waals surface area contributed by atoms with E-state index in [2.05, 4.69) is 19.6 Å². The fourth-order valence-corrected chi connectivity index (χ4v) is 2.84. The Kier molecular flexibility index (Phi) is 42.4. The maximum atomic E-state index is 11.1. The fourth-order valence-electron chi connectivity index (χ4n) is 2.84. The molecule has 0 radical (unpaired) electrons. The van der Waals surface area contributed by atoms with E-state index >= 15 is 0 Å². The van der Waals surface area contributed by atoms with Crippen LogP contribution in [0, 0.1) is 0 Å². The van der Waals surface area contributed by atoms with Crippen LogP contribution in [0.3, 0.4) is 0 Å². The van der Waals surface area contributed by atoms with E-state index in [1.54, 1.807) is 0 Å². The minimum Gasteiger partial charge on any atom is -0.844 e. The topological polar surface area (TPSA) is 639 Å². The van der Waals surface area contributed by atoms with E-state index in [1.165, 1.54) is 0 Å². The van der Waals surface area contributed by atoms with Crippen LogP contribution >= 0.6 is 0 Å². The smallest absolute Gasteiger partial charge is 0.844 e. The normalized spacial score (nSPS) is 13.2. The van der Waals surface area contributed by atoms with E-state index in [9.17, 15) is 125 Å². The van der Waals surface area contributed by atoms with Crippen LogP contribution in [0.4, 0.5) is 0 Å². The first-order valence-corrected chi connectivity index (χ1v) is 13.1. The van der Waals surface area contributed by atoms with Crippen molar-refractivity contribution in [2.24, 2.45) is 0 Å². The van der Waals surface area contributed by atoms with Crippen LogP contribution in [0.1, 0.15) is 51.4 Å². The van der Waals surface area contributed by atoms with E-state index in [0.717, 1.165) is 0 Å². The van der Waals surface area contributed by atoms with Crippen LogP contribution in [0.25, 0.3) is 0 Å². The Hall–Kier alpha value is -4.07. The minimum atomic E-state index is -3.24. The molecule has 0 saturated heterocycles. The number of carbonyl (C=O) groups is 12. The second kappa shape index (κ2) is 34.6. The third kappa shape index (κ3) is 32.7. The van der Waals surface area contributed by atoms with Gasteiger partial charge in [-0.15, -0.1) is 0 Å². The molecule has 0 aliphatic carbocycles. The Morgan fingerprint density at radius 2 is 0.533 bits per heavy atom. The first-order valence-electron chi connectivity index (χ1n) is 13.1. The van der Waals surface area contributed by atoms with Gasteiger partial charge in [0.1, 0.15) is 16.8 Å². The van der Waals surface area contributed by atoms with Gasteiger partial charge in [-0.1, -0.05) is 5.60 Å². The summed E-state index contributed by atoms with van der Waals surface area (Å²) >= 11 is 0. The number of rotatable bonds is 20. The van der Waals surface area contributed by atoms with Gasteiger partial charge in [0.25, 0.3) is 5.97 Å². The van der Waals surface area contributed by atoms with Gasteiger partial charge in [-0.05, 0) is 6.42 Å². The fraction of sp³-hybridized carbons (Fsp3) is 0.500. The molecule has 0 aliphatic rings. The van der Waals surface area contributed by atoms with Gasteiger partial charge in [-0.3, -0.25) is 19.2 Å². The average Bonchev–Trinajstić information content (AvgIpc) is 3.03. The van der Waals surface area contributed by atoms with E-state index in [0.29, 0.717) is 0 Å². The molecule has 0 spiro atoms. The summed E-state index contributed by atoms with van der Waals surface area (Å²) in [6.07, 6.45) is -11.0. The van der Waals surface area contributed by atoms with Crippen LogP contribution in [0.15, 0.2) is 0 Å². The van der Waals surface area contributed by atoms with Crippen LogP contribution in [-0.4, -0.2) is 109 Å². The van der Waals surface area contributed by atoms with Gasteiger partial charge >= 0.3 is 96.5 Å². The summed E-state index contributed by atoms with van der Waals surface area (Å²) in [5, 5.41) is 157. The second-order valence-electron chi connectivity index (χ2n) is 9.96. The molecule has 60 heavy (non-hydrogen) atoms. The van der Waals surface area contributed by atoms with Crippen molar-refractivity contribution >= 4 is 71.6 Å². The molecule has 4 unspecified atom stereocenters. The summed E-state index contributed by atoms with van der Waals surface area (Å²) in [7, 11) is 0. The van der Waals surface area contributed by atoms with Crippen LogP contribution in [0.5, 0.6) is 0 Å². The maximum absolute atomic E-state index is 11.1. The van der Waals surface area contributed by atoms with Gasteiger partial charge in [0.15, 0.2) is 0 Å². The quantitative estimate of drug-likeness (QED) is 0.0649. The van der Waals surface area contributed by atoms with Crippen molar-refractivity contribution in [1.29, 1.82) is 0 Å². The number of carboxylic acid groups (broad SMARTS) is 8. The Labute approximate surface area is 387 Å². The molecule has 0 amide bonds. The monoisotopic (exact) mass is 1110 g/mol. The third-order valence-corrected chi connectivity index (χ3v) is 5.36. The van der Waals surface area contributed by atoms with Gasteiger partial charge < -0.3 is 146 Å². The molecule has 0 aromatic heterocycles. The molecule has 7 N–H and O–H groups in total. The molecule has 0 aromatic rings. The first kappa shape index (κ1) is 73.5. The summed E-state index contributed by atoms with van der Waals surface area (Å²) in [5.41, 5.74) is -12.2. The zero-order valence-electron chi connectivity index (χ0n) is 29.3. The molecule has 0 heterocycles. The number of aliphatic hydroxyl groups is 3. The van der Waals surface area contributed by atoms with Crippen molar-refractivity contribution in [2.45, 2.75) is 73.8 Å². The van der Waals surface area contributed by atoms with Gasteiger partial charge in [0.05, 0.1) is 37.2 Å². The van der Waals surface area contributed by atoms with Crippen molar-refractivity contribution in [1.82, 2.24) is 6.15 Å². The molecule has 0 aliphatic heterocycles. The summed E-state index contributed by atoms with van der Waals surface area (Å²) in [6.45, 7) is 0. The Balaban J connectivity index is -0.0000000980. The van der Waals surface area contributed by atoms with Crippen molar-refractivity contribution in [2.75, 3.05) is 0 Å². The van der Waals surface area contributed by atoms with Gasteiger partial charge in [0, 0.05) is 55.5 Å². The van der Waals surface area contributed by atoms with Crippen molar-refractivity contribution in [3.8, 4) is 0 Å². The predicted molar refractivity (Wildman–Crippen MR) is 125 cm³/mol. The molecular weight excluding hydrogens is 1090 g/mol. The largest absolute Gasteiger partial charge is 4.00 e. The van der Waals surface area contributed by atoms with Gasteiger partial charge in [-0.2, -0.15) is 0 Å². The molecule has 0 saturated carbocycles. The van der Waals surface area contributed by atoms with Gasteiger partial charge in [0.2, 0.25) is 0 Å². The Bertz CT molecular complexity index is 1270. The molecule has 36 heteroatoms. The minimum absolute atomic E-state index is 0. The summed E-state index contributed by atoms with van der Waals surface area (Å²) in [6, 6.07) is 0. The number of hydrogen-bond donors (Lipinski definition) is 4.